The summed E-state index contributed by atoms with van der Waals surface area (Å²) in [4.78, 5) is 11.6. The molecule has 1 aromatic carbocycles. The molecule has 1 aliphatic carbocycles. The van der Waals surface area contributed by atoms with E-state index in [0.29, 0.717) is 5.92 Å². The smallest absolute Gasteiger partial charge is 0.307 e. The number of benzene rings is 1. The molecule has 0 aliphatic heterocycles. The quantitative estimate of drug-likeness (QED) is 0.771. The molecule has 0 saturated heterocycles. The van der Waals surface area contributed by atoms with Crippen LogP contribution < -0.4 is 10.7 Å². The maximum Gasteiger partial charge on any atom is 0.339 e. The molecule has 0 radical (unpaired) electrons. The van der Waals surface area contributed by atoms with E-state index >= 15 is 0 Å². The van der Waals surface area contributed by atoms with Crippen molar-refractivity contribution < 1.29 is 4.79 Å². The number of nitrogens with zero attached hydrogens (tertiary/aromatic N) is 1. The first kappa shape index (κ1) is 12.6. The van der Waals surface area contributed by atoms with Crippen LogP contribution in [0.2, 0.25) is 0 Å². The Morgan fingerprint density at radius 2 is 2.11 bits per heavy atom. The maximum atomic E-state index is 11.6. The standard InChI is InChI=1S/C14H19N3O/c1-11-6-5-9-13(10-11)16-17-14(18)15-12-7-3-2-4-8-12/h2-4,7-8,11H,5-6,9-10H2,1H3,(H2,15,17,18)/t11-/m0/s1. The molecular weight excluding hydrogens is 226 g/mol. The number of anilines is 1. The largest absolute Gasteiger partial charge is 0.339 e. The summed E-state index contributed by atoms with van der Waals surface area (Å²) in [5.41, 5.74) is 4.42. The minimum absolute atomic E-state index is 0.285. The highest BCUT2D eigenvalue weighted by atomic mass is 16.2. The third-order valence-corrected chi connectivity index (χ3v) is 3.09. The summed E-state index contributed by atoms with van der Waals surface area (Å²) in [6.45, 7) is 2.22. The molecule has 0 aromatic heterocycles. The Morgan fingerprint density at radius 3 is 2.83 bits per heavy atom. The molecule has 1 aromatic rings. The SMILES string of the molecule is C[C@H]1CCCC(=NNC(=O)Nc2ccccc2)C1. The van der Waals surface area contributed by atoms with Crippen LogP contribution in [0.5, 0.6) is 0 Å². The van der Waals surface area contributed by atoms with Gasteiger partial charge in [-0.15, -0.1) is 0 Å². The number of hydrazone groups is 1. The van der Waals surface area contributed by atoms with Crippen molar-refractivity contribution in [2.75, 3.05) is 5.32 Å². The summed E-state index contributed by atoms with van der Waals surface area (Å²) in [5.74, 6) is 0.677. The predicted octanol–water partition coefficient (Wildman–Crippen LogP) is 3.37. The van der Waals surface area contributed by atoms with Crippen LogP contribution in [-0.4, -0.2) is 11.7 Å². The lowest BCUT2D eigenvalue weighted by atomic mass is 9.89. The van der Waals surface area contributed by atoms with Crippen LogP contribution in [0.4, 0.5) is 10.5 Å². The molecule has 1 fully saturated rings. The molecule has 0 heterocycles. The highest BCUT2D eigenvalue weighted by molar-refractivity contribution is 5.91. The molecule has 2 N–H and O–H groups in total. The van der Waals surface area contributed by atoms with Crippen molar-refractivity contribution in [3.8, 4) is 0 Å². The second kappa shape index (κ2) is 6.19. The highest BCUT2D eigenvalue weighted by Crippen LogP contribution is 2.20. The summed E-state index contributed by atoms with van der Waals surface area (Å²) in [5, 5.41) is 6.92. The average molecular weight is 245 g/mol. The van der Waals surface area contributed by atoms with Gasteiger partial charge in [-0.3, -0.25) is 0 Å². The Morgan fingerprint density at radius 1 is 1.33 bits per heavy atom. The third kappa shape index (κ3) is 3.87. The van der Waals surface area contributed by atoms with Gasteiger partial charge in [-0.1, -0.05) is 25.1 Å². The second-order valence-corrected chi connectivity index (χ2v) is 4.81. The minimum Gasteiger partial charge on any atom is -0.307 e. The molecule has 0 bridgehead atoms. The fourth-order valence-corrected chi connectivity index (χ4v) is 2.17. The normalized spacial score (nSPS) is 21.6. The van der Waals surface area contributed by atoms with Crippen molar-refractivity contribution >= 4 is 17.4 Å². The predicted molar refractivity (Wildman–Crippen MR) is 73.7 cm³/mol. The molecule has 0 unspecified atom stereocenters. The van der Waals surface area contributed by atoms with Gasteiger partial charge in [-0.2, -0.15) is 5.10 Å². The van der Waals surface area contributed by atoms with Crippen molar-refractivity contribution in [3.63, 3.8) is 0 Å². The van der Waals surface area contributed by atoms with E-state index in [4.69, 9.17) is 0 Å². The minimum atomic E-state index is -0.285. The van der Waals surface area contributed by atoms with Gasteiger partial charge in [0.15, 0.2) is 0 Å². The van der Waals surface area contributed by atoms with Gasteiger partial charge in [0, 0.05) is 11.4 Å². The molecule has 18 heavy (non-hydrogen) atoms. The molecule has 2 amide bonds. The third-order valence-electron chi connectivity index (χ3n) is 3.09. The van der Waals surface area contributed by atoms with E-state index in [0.717, 1.165) is 24.2 Å². The van der Waals surface area contributed by atoms with Crippen molar-refractivity contribution in [3.05, 3.63) is 30.3 Å². The molecule has 2 rings (SSSR count). The summed E-state index contributed by atoms with van der Waals surface area (Å²) < 4.78 is 0. The molecule has 1 atom stereocenters. The lowest BCUT2D eigenvalue weighted by Gasteiger charge is -2.18. The first-order valence-corrected chi connectivity index (χ1v) is 6.41. The van der Waals surface area contributed by atoms with E-state index in [9.17, 15) is 4.79 Å². The zero-order valence-electron chi connectivity index (χ0n) is 10.6. The van der Waals surface area contributed by atoms with Gasteiger partial charge in [-0.05, 0) is 43.7 Å². The fourth-order valence-electron chi connectivity index (χ4n) is 2.17. The van der Waals surface area contributed by atoms with E-state index in [1.165, 1.54) is 12.8 Å². The average Bonchev–Trinajstić information content (AvgIpc) is 2.38. The number of nitrogens with one attached hydrogen (secondary N) is 2. The van der Waals surface area contributed by atoms with E-state index in [1.807, 2.05) is 30.3 Å². The lowest BCUT2D eigenvalue weighted by molar-refractivity contribution is 0.252. The maximum absolute atomic E-state index is 11.6. The van der Waals surface area contributed by atoms with Gasteiger partial charge in [0.05, 0.1) is 0 Å². The molecule has 4 heteroatoms. The van der Waals surface area contributed by atoms with Crippen LogP contribution >= 0.6 is 0 Å². The van der Waals surface area contributed by atoms with E-state index in [-0.39, 0.29) is 6.03 Å². The van der Waals surface area contributed by atoms with Crippen molar-refractivity contribution in [2.45, 2.75) is 32.6 Å². The number of rotatable bonds is 2. The molecule has 4 nitrogen and oxygen atoms in total. The first-order valence-electron chi connectivity index (χ1n) is 6.41. The van der Waals surface area contributed by atoms with Crippen molar-refractivity contribution in [1.29, 1.82) is 0 Å². The Kier molecular flexibility index (Phi) is 4.34. The summed E-state index contributed by atoms with van der Waals surface area (Å²) >= 11 is 0. The fraction of sp³-hybridized carbons (Fsp3) is 0.429. The van der Waals surface area contributed by atoms with Gasteiger partial charge in [0.2, 0.25) is 0 Å². The Hall–Kier alpha value is -1.84. The first-order chi connectivity index (χ1) is 8.74. The monoisotopic (exact) mass is 245 g/mol. The number of hydrogen-bond acceptors (Lipinski definition) is 2. The molecule has 1 aliphatic rings. The van der Waals surface area contributed by atoms with Crippen LogP contribution in [0.15, 0.2) is 35.4 Å². The van der Waals surface area contributed by atoms with Gasteiger partial charge >= 0.3 is 6.03 Å². The van der Waals surface area contributed by atoms with E-state index in [2.05, 4.69) is 22.8 Å². The number of para-hydroxylation sites is 1. The van der Waals surface area contributed by atoms with Crippen LogP contribution in [-0.2, 0) is 0 Å². The molecule has 0 spiro atoms. The Labute approximate surface area is 107 Å². The topological polar surface area (TPSA) is 53.5 Å². The number of urea groups is 1. The summed E-state index contributed by atoms with van der Waals surface area (Å²) in [7, 11) is 0. The number of amides is 2. The van der Waals surface area contributed by atoms with Crippen molar-refractivity contribution in [1.82, 2.24) is 5.43 Å². The molecule has 1 saturated carbocycles. The molecule has 96 valence electrons. The van der Waals surface area contributed by atoms with Crippen molar-refractivity contribution in [2.24, 2.45) is 11.0 Å². The van der Waals surface area contributed by atoms with Gasteiger partial charge in [-0.25, -0.2) is 10.2 Å². The van der Waals surface area contributed by atoms with E-state index < -0.39 is 0 Å². The highest BCUT2D eigenvalue weighted by Gasteiger charge is 2.14. The van der Waals surface area contributed by atoms with Gasteiger partial charge in [0.1, 0.15) is 0 Å². The second-order valence-electron chi connectivity index (χ2n) is 4.81. The zero-order valence-corrected chi connectivity index (χ0v) is 10.6. The van der Waals surface area contributed by atoms with E-state index in [1.54, 1.807) is 0 Å². The summed E-state index contributed by atoms with van der Waals surface area (Å²) in [6.07, 6.45) is 4.42. The van der Waals surface area contributed by atoms with Crippen LogP contribution in [0.1, 0.15) is 32.6 Å². The number of carbonyl (C=O) groups is 1. The lowest BCUT2D eigenvalue weighted by Crippen LogP contribution is -2.26. The van der Waals surface area contributed by atoms with Gasteiger partial charge < -0.3 is 5.32 Å². The Bertz CT molecular complexity index is 428. The molecular formula is C14H19N3O. The number of hydrogen-bond donors (Lipinski definition) is 2. The van der Waals surface area contributed by atoms with Crippen LogP contribution in [0.3, 0.4) is 0 Å². The van der Waals surface area contributed by atoms with Crippen LogP contribution in [0, 0.1) is 5.92 Å². The van der Waals surface area contributed by atoms with Crippen LogP contribution in [0.25, 0.3) is 0 Å². The zero-order chi connectivity index (χ0) is 12.8. The van der Waals surface area contributed by atoms with Gasteiger partial charge in [0.25, 0.3) is 0 Å². The number of carbonyl (C=O) groups excluding carboxylic acids is 1. The Balaban J connectivity index is 1.83. The summed E-state index contributed by atoms with van der Waals surface area (Å²) in [6, 6.07) is 9.07.